The molecule has 0 bridgehead atoms. The van der Waals surface area contributed by atoms with E-state index >= 15 is 0 Å². The molecule has 0 atom stereocenters. The predicted octanol–water partition coefficient (Wildman–Crippen LogP) is 2.61. The van der Waals surface area contributed by atoms with Gasteiger partial charge in [-0.15, -0.1) is 0 Å². The van der Waals surface area contributed by atoms with Crippen molar-refractivity contribution in [1.82, 2.24) is 4.98 Å². The average Bonchev–Trinajstić information content (AvgIpc) is 2.32. The highest BCUT2D eigenvalue weighted by molar-refractivity contribution is 5.66. The summed E-state index contributed by atoms with van der Waals surface area (Å²) in [6, 6.07) is 11.9. The van der Waals surface area contributed by atoms with Gasteiger partial charge in [0.05, 0.1) is 23.6 Å². The number of rotatable bonds is 3. The van der Waals surface area contributed by atoms with Crippen LogP contribution in [0, 0.1) is 6.92 Å². The molecule has 0 saturated heterocycles. The van der Waals surface area contributed by atoms with E-state index in [2.05, 4.69) is 22.9 Å². The number of hydrogen-bond donors (Lipinski definition) is 1. The summed E-state index contributed by atoms with van der Waals surface area (Å²) in [5, 5.41) is 0. The van der Waals surface area contributed by atoms with Crippen LogP contribution in [-0.2, 0) is 6.54 Å². The molecular formula is C14H17N3. The minimum absolute atomic E-state index is 0.765. The Morgan fingerprint density at radius 3 is 2.65 bits per heavy atom. The fourth-order valence-electron chi connectivity index (χ4n) is 1.83. The molecule has 0 saturated carbocycles. The minimum atomic E-state index is 0.765. The Morgan fingerprint density at radius 1 is 1.18 bits per heavy atom. The second-order valence-corrected chi connectivity index (χ2v) is 4.18. The Morgan fingerprint density at radius 2 is 1.94 bits per heavy atom. The molecule has 0 aliphatic carbocycles. The highest BCUT2D eigenvalue weighted by atomic mass is 15.1. The van der Waals surface area contributed by atoms with Gasteiger partial charge < -0.3 is 10.6 Å². The number of anilines is 2. The normalized spacial score (nSPS) is 10.2. The zero-order valence-electron chi connectivity index (χ0n) is 10.2. The molecular weight excluding hydrogens is 210 g/mol. The van der Waals surface area contributed by atoms with Crippen LogP contribution in [0.1, 0.15) is 11.3 Å². The monoisotopic (exact) mass is 227 g/mol. The van der Waals surface area contributed by atoms with Gasteiger partial charge in [0, 0.05) is 13.2 Å². The standard InChI is InChI=1S/C14H17N3/c1-11-6-5-9-16-13(11)10-17(2)14-8-4-3-7-12(14)15/h3-9H,10,15H2,1-2H3. The van der Waals surface area contributed by atoms with Crippen molar-refractivity contribution in [2.24, 2.45) is 0 Å². The third-order valence-corrected chi connectivity index (χ3v) is 2.85. The van der Waals surface area contributed by atoms with E-state index in [1.165, 1.54) is 5.56 Å². The van der Waals surface area contributed by atoms with Crippen LogP contribution in [0.4, 0.5) is 11.4 Å². The SMILES string of the molecule is Cc1cccnc1CN(C)c1ccccc1N. The number of hydrogen-bond acceptors (Lipinski definition) is 3. The molecule has 0 aliphatic rings. The molecule has 1 heterocycles. The van der Waals surface area contributed by atoms with Crippen molar-refractivity contribution >= 4 is 11.4 Å². The first-order chi connectivity index (χ1) is 8.18. The lowest BCUT2D eigenvalue weighted by Gasteiger charge is -2.21. The van der Waals surface area contributed by atoms with Crippen LogP contribution in [0.15, 0.2) is 42.6 Å². The number of aryl methyl sites for hydroxylation is 1. The van der Waals surface area contributed by atoms with Gasteiger partial charge in [-0.3, -0.25) is 4.98 Å². The van der Waals surface area contributed by atoms with Crippen LogP contribution in [-0.4, -0.2) is 12.0 Å². The molecule has 0 unspecified atom stereocenters. The summed E-state index contributed by atoms with van der Waals surface area (Å²) in [5.41, 5.74) is 10.1. The van der Waals surface area contributed by atoms with E-state index in [4.69, 9.17) is 5.73 Å². The lowest BCUT2D eigenvalue weighted by molar-refractivity contribution is 0.875. The Labute approximate surface area is 102 Å². The first kappa shape index (κ1) is 11.5. The molecule has 0 amide bonds. The van der Waals surface area contributed by atoms with E-state index < -0.39 is 0 Å². The zero-order chi connectivity index (χ0) is 12.3. The summed E-state index contributed by atoms with van der Waals surface area (Å²) in [5.74, 6) is 0. The fraction of sp³-hybridized carbons (Fsp3) is 0.214. The molecule has 2 rings (SSSR count). The topological polar surface area (TPSA) is 42.2 Å². The second kappa shape index (κ2) is 4.87. The van der Waals surface area contributed by atoms with Gasteiger partial charge in [-0.25, -0.2) is 0 Å². The van der Waals surface area contributed by atoms with E-state index in [1.54, 1.807) is 0 Å². The zero-order valence-corrected chi connectivity index (χ0v) is 10.2. The van der Waals surface area contributed by atoms with Crippen molar-refractivity contribution in [3.8, 4) is 0 Å². The molecule has 0 fully saturated rings. The first-order valence-corrected chi connectivity index (χ1v) is 5.64. The van der Waals surface area contributed by atoms with E-state index in [-0.39, 0.29) is 0 Å². The van der Waals surface area contributed by atoms with Crippen LogP contribution in [0.3, 0.4) is 0 Å². The third-order valence-electron chi connectivity index (χ3n) is 2.85. The van der Waals surface area contributed by atoms with Gasteiger partial charge in [0.2, 0.25) is 0 Å². The van der Waals surface area contributed by atoms with Crippen LogP contribution in [0.25, 0.3) is 0 Å². The second-order valence-electron chi connectivity index (χ2n) is 4.18. The van der Waals surface area contributed by atoms with Crippen molar-refractivity contribution < 1.29 is 0 Å². The molecule has 3 nitrogen and oxygen atoms in total. The molecule has 0 spiro atoms. The average molecular weight is 227 g/mol. The molecule has 17 heavy (non-hydrogen) atoms. The van der Waals surface area contributed by atoms with E-state index in [0.717, 1.165) is 23.6 Å². The number of aromatic nitrogens is 1. The lowest BCUT2D eigenvalue weighted by Crippen LogP contribution is -2.19. The first-order valence-electron chi connectivity index (χ1n) is 5.64. The van der Waals surface area contributed by atoms with Crippen molar-refractivity contribution in [1.29, 1.82) is 0 Å². The molecule has 2 aromatic rings. The lowest BCUT2D eigenvalue weighted by atomic mass is 10.2. The number of nitrogens with two attached hydrogens (primary N) is 1. The number of para-hydroxylation sites is 2. The van der Waals surface area contributed by atoms with Gasteiger partial charge in [0.25, 0.3) is 0 Å². The summed E-state index contributed by atoms with van der Waals surface area (Å²) in [4.78, 5) is 6.51. The van der Waals surface area contributed by atoms with Crippen LogP contribution in [0.5, 0.6) is 0 Å². The van der Waals surface area contributed by atoms with Gasteiger partial charge in [-0.1, -0.05) is 18.2 Å². The molecule has 88 valence electrons. The van der Waals surface area contributed by atoms with Gasteiger partial charge in [0.15, 0.2) is 0 Å². The predicted molar refractivity (Wildman–Crippen MR) is 71.9 cm³/mol. The van der Waals surface area contributed by atoms with Gasteiger partial charge >= 0.3 is 0 Å². The summed E-state index contributed by atoms with van der Waals surface area (Å²) in [6.45, 7) is 2.84. The Hall–Kier alpha value is -2.03. The fourth-order valence-corrected chi connectivity index (χ4v) is 1.83. The van der Waals surface area contributed by atoms with Crippen LogP contribution < -0.4 is 10.6 Å². The number of pyridine rings is 1. The molecule has 3 heteroatoms. The summed E-state index contributed by atoms with van der Waals surface area (Å²) >= 11 is 0. The van der Waals surface area contributed by atoms with Gasteiger partial charge in [-0.2, -0.15) is 0 Å². The number of nitrogens with zero attached hydrogens (tertiary/aromatic N) is 2. The maximum Gasteiger partial charge on any atom is 0.0625 e. The van der Waals surface area contributed by atoms with Crippen LogP contribution in [0.2, 0.25) is 0 Å². The van der Waals surface area contributed by atoms with Crippen LogP contribution >= 0.6 is 0 Å². The maximum atomic E-state index is 5.95. The Balaban J connectivity index is 2.20. The summed E-state index contributed by atoms with van der Waals surface area (Å²) in [7, 11) is 2.03. The quantitative estimate of drug-likeness (QED) is 0.819. The van der Waals surface area contributed by atoms with Crippen molar-refractivity contribution in [2.75, 3.05) is 17.7 Å². The largest absolute Gasteiger partial charge is 0.397 e. The maximum absolute atomic E-state index is 5.95. The van der Waals surface area contributed by atoms with E-state index in [1.807, 2.05) is 43.6 Å². The summed E-state index contributed by atoms with van der Waals surface area (Å²) < 4.78 is 0. The third kappa shape index (κ3) is 2.56. The molecule has 2 N–H and O–H groups in total. The highest BCUT2D eigenvalue weighted by Crippen LogP contribution is 2.22. The van der Waals surface area contributed by atoms with Crippen molar-refractivity contribution in [2.45, 2.75) is 13.5 Å². The molecule has 1 aromatic heterocycles. The van der Waals surface area contributed by atoms with Crippen molar-refractivity contribution in [3.63, 3.8) is 0 Å². The number of nitrogen functional groups attached to an aromatic ring is 1. The molecule has 0 aliphatic heterocycles. The Bertz CT molecular complexity index is 508. The van der Waals surface area contributed by atoms with Crippen molar-refractivity contribution in [3.05, 3.63) is 53.9 Å². The minimum Gasteiger partial charge on any atom is -0.397 e. The smallest absolute Gasteiger partial charge is 0.0625 e. The summed E-state index contributed by atoms with van der Waals surface area (Å²) in [6.07, 6.45) is 1.82. The number of benzene rings is 1. The molecule has 1 aromatic carbocycles. The van der Waals surface area contributed by atoms with Gasteiger partial charge in [0.1, 0.15) is 0 Å². The molecule has 0 radical (unpaired) electrons. The Kier molecular flexibility index (Phi) is 3.28. The van der Waals surface area contributed by atoms with E-state index in [0.29, 0.717) is 0 Å². The van der Waals surface area contributed by atoms with Gasteiger partial charge in [-0.05, 0) is 30.7 Å². The highest BCUT2D eigenvalue weighted by Gasteiger charge is 2.07. The van der Waals surface area contributed by atoms with E-state index in [9.17, 15) is 0 Å².